The van der Waals surface area contributed by atoms with Crippen LogP contribution in [0.25, 0.3) is 0 Å². The lowest BCUT2D eigenvalue weighted by Crippen LogP contribution is -2.40. The van der Waals surface area contributed by atoms with Crippen LogP contribution in [0.3, 0.4) is 0 Å². The van der Waals surface area contributed by atoms with E-state index in [-0.39, 0.29) is 0 Å². The molecule has 0 aromatic rings. The Morgan fingerprint density at radius 2 is 2.12 bits per heavy atom. The number of aliphatic carboxylic acids is 1. The lowest BCUT2D eigenvalue weighted by Gasteiger charge is -2.36. The first kappa shape index (κ1) is 13.8. The fraction of sp³-hybridized carbons (Fsp3) is 0.917. The molecule has 1 rings (SSSR count). The Kier molecular flexibility index (Phi) is 5.62. The predicted molar refractivity (Wildman–Crippen MR) is 68.7 cm³/mol. The zero-order chi connectivity index (χ0) is 12.0. The van der Waals surface area contributed by atoms with E-state index in [2.05, 4.69) is 6.92 Å². The summed E-state index contributed by atoms with van der Waals surface area (Å²) in [7, 11) is 0. The number of hydrogen-bond donors (Lipinski definition) is 2. The van der Waals surface area contributed by atoms with Crippen LogP contribution in [-0.4, -0.2) is 28.1 Å². The van der Waals surface area contributed by atoms with Gasteiger partial charge in [-0.1, -0.05) is 19.8 Å². The van der Waals surface area contributed by atoms with Gasteiger partial charge in [0.25, 0.3) is 0 Å². The molecule has 0 aromatic carbocycles. The first-order valence-corrected chi connectivity index (χ1v) is 7.20. The number of carboxylic acids is 1. The fourth-order valence-electron chi connectivity index (χ4n) is 2.52. The Morgan fingerprint density at radius 1 is 1.50 bits per heavy atom. The van der Waals surface area contributed by atoms with E-state index in [9.17, 15) is 9.90 Å². The highest BCUT2D eigenvalue weighted by Crippen LogP contribution is 2.43. The number of nitrogens with two attached hydrogens (primary N) is 1. The Bertz CT molecular complexity index is 225. The number of hydrogen-bond acceptors (Lipinski definition) is 3. The van der Waals surface area contributed by atoms with Crippen molar-refractivity contribution in [1.29, 1.82) is 0 Å². The summed E-state index contributed by atoms with van der Waals surface area (Å²) in [4.78, 5) is 11.4. The van der Waals surface area contributed by atoms with Crippen molar-refractivity contribution >= 4 is 17.7 Å². The topological polar surface area (TPSA) is 63.3 Å². The summed E-state index contributed by atoms with van der Waals surface area (Å²) in [6.45, 7) is 2.76. The second kappa shape index (κ2) is 6.50. The van der Waals surface area contributed by atoms with E-state index in [0.717, 1.165) is 37.4 Å². The molecular formula is C12H23NO2S. The van der Waals surface area contributed by atoms with E-state index >= 15 is 0 Å². The van der Waals surface area contributed by atoms with Gasteiger partial charge in [-0.2, -0.15) is 0 Å². The van der Waals surface area contributed by atoms with E-state index in [4.69, 9.17) is 5.73 Å². The van der Waals surface area contributed by atoms with Crippen molar-refractivity contribution in [3.8, 4) is 0 Å². The molecule has 0 bridgehead atoms. The third kappa shape index (κ3) is 3.39. The molecule has 3 N–H and O–H groups in total. The first-order chi connectivity index (χ1) is 7.64. The molecule has 1 fully saturated rings. The van der Waals surface area contributed by atoms with Gasteiger partial charge in [-0.3, -0.25) is 4.79 Å². The molecule has 1 saturated carbocycles. The van der Waals surface area contributed by atoms with Crippen LogP contribution in [0.15, 0.2) is 0 Å². The van der Waals surface area contributed by atoms with Crippen molar-refractivity contribution in [3.63, 3.8) is 0 Å². The smallest absolute Gasteiger partial charge is 0.319 e. The number of thioether (sulfide) groups is 1. The van der Waals surface area contributed by atoms with Crippen molar-refractivity contribution in [2.75, 3.05) is 12.3 Å². The van der Waals surface area contributed by atoms with Gasteiger partial charge < -0.3 is 10.8 Å². The van der Waals surface area contributed by atoms with Gasteiger partial charge in [0.2, 0.25) is 0 Å². The molecule has 94 valence electrons. The molecule has 0 aromatic heterocycles. The first-order valence-electron chi connectivity index (χ1n) is 6.22. The van der Waals surface area contributed by atoms with Gasteiger partial charge in [0.1, 0.15) is 4.75 Å². The monoisotopic (exact) mass is 245 g/mol. The molecule has 16 heavy (non-hydrogen) atoms. The maximum atomic E-state index is 11.4. The van der Waals surface area contributed by atoms with E-state index in [1.54, 1.807) is 11.8 Å². The summed E-state index contributed by atoms with van der Waals surface area (Å²) in [6.07, 6.45) is 6.22. The Morgan fingerprint density at radius 3 is 2.56 bits per heavy atom. The van der Waals surface area contributed by atoms with Crippen LogP contribution in [0.1, 0.15) is 45.4 Å². The maximum absolute atomic E-state index is 11.4. The Balaban J connectivity index is 2.52. The van der Waals surface area contributed by atoms with E-state index in [0.29, 0.717) is 6.54 Å². The highest BCUT2D eigenvalue weighted by atomic mass is 32.2. The van der Waals surface area contributed by atoms with Crippen LogP contribution in [0.5, 0.6) is 0 Å². The molecule has 1 aliphatic rings. The molecule has 0 spiro atoms. The Labute approximate surface area is 102 Å². The van der Waals surface area contributed by atoms with Gasteiger partial charge in [-0.15, -0.1) is 11.8 Å². The predicted octanol–water partition coefficient (Wildman–Crippen LogP) is 2.49. The van der Waals surface area contributed by atoms with Crippen molar-refractivity contribution in [2.24, 2.45) is 11.7 Å². The van der Waals surface area contributed by atoms with Gasteiger partial charge in [0.05, 0.1) is 0 Å². The molecule has 0 saturated heterocycles. The van der Waals surface area contributed by atoms with Crippen molar-refractivity contribution < 1.29 is 9.90 Å². The molecular weight excluding hydrogens is 222 g/mol. The standard InChI is InChI=1S/C12H23NO2S/c1-2-3-10-4-6-12(7-5-10,11(14)15)16-9-8-13/h10H,2-9,13H2,1H3,(H,14,15). The molecule has 0 radical (unpaired) electrons. The van der Waals surface area contributed by atoms with Crippen LogP contribution in [-0.2, 0) is 4.79 Å². The molecule has 4 heteroatoms. The lowest BCUT2D eigenvalue weighted by molar-refractivity contribution is -0.141. The highest BCUT2D eigenvalue weighted by Gasteiger charge is 2.41. The normalized spacial score (nSPS) is 30.2. The van der Waals surface area contributed by atoms with Gasteiger partial charge >= 0.3 is 5.97 Å². The van der Waals surface area contributed by atoms with Gasteiger partial charge in [-0.25, -0.2) is 0 Å². The maximum Gasteiger partial charge on any atom is 0.319 e. The quantitative estimate of drug-likeness (QED) is 0.754. The van der Waals surface area contributed by atoms with Crippen LogP contribution in [0, 0.1) is 5.92 Å². The number of carboxylic acid groups (broad SMARTS) is 1. The molecule has 0 heterocycles. The third-order valence-electron chi connectivity index (χ3n) is 3.50. The summed E-state index contributed by atoms with van der Waals surface area (Å²) in [5.74, 6) is 0.863. The summed E-state index contributed by atoms with van der Waals surface area (Å²) in [6, 6.07) is 0. The SMILES string of the molecule is CCCC1CCC(SCCN)(C(=O)O)CC1. The molecule has 0 unspecified atom stereocenters. The zero-order valence-corrected chi connectivity index (χ0v) is 10.9. The van der Waals surface area contributed by atoms with E-state index < -0.39 is 10.7 Å². The van der Waals surface area contributed by atoms with Gasteiger partial charge in [-0.05, 0) is 31.6 Å². The average Bonchev–Trinajstić information content (AvgIpc) is 2.28. The van der Waals surface area contributed by atoms with Crippen molar-refractivity contribution in [1.82, 2.24) is 0 Å². The average molecular weight is 245 g/mol. The highest BCUT2D eigenvalue weighted by molar-refractivity contribution is 8.01. The lowest BCUT2D eigenvalue weighted by atomic mass is 9.79. The summed E-state index contributed by atoms with van der Waals surface area (Å²) < 4.78 is -0.538. The van der Waals surface area contributed by atoms with Crippen LogP contribution < -0.4 is 5.73 Å². The van der Waals surface area contributed by atoms with E-state index in [1.807, 2.05) is 0 Å². The molecule has 3 nitrogen and oxygen atoms in total. The molecule has 0 amide bonds. The van der Waals surface area contributed by atoms with Gasteiger partial charge in [0.15, 0.2) is 0 Å². The Hall–Kier alpha value is -0.220. The zero-order valence-electron chi connectivity index (χ0n) is 10.1. The second-order valence-corrected chi connectivity index (χ2v) is 6.15. The minimum Gasteiger partial charge on any atom is -0.480 e. The van der Waals surface area contributed by atoms with Crippen LogP contribution in [0.2, 0.25) is 0 Å². The third-order valence-corrected chi connectivity index (χ3v) is 5.07. The summed E-state index contributed by atoms with van der Waals surface area (Å²) >= 11 is 1.55. The summed E-state index contributed by atoms with van der Waals surface area (Å²) in [5.41, 5.74) is 5.47. The number of carbonyl (C=O) groups is 1. The molecule has 1 aliphatic carbocycles. The minimum absolute atomic E-state index is 0.538. The van der Waals surface area contributed by atoms with Crippen LogP contribution in [0.4, 0.5) is 0 Å². The largest absolute Gasteiger partial charge is 0.480 e. The van der Waals surface area contributed by atoms with Gasteiger partial charge in [0, 0.05) is 12.3 Å². The number of rotatable bonds is 6. The molecule has 0 aliphatic heterocycles. The van der Waals surface area contributed by atoms with Crippen LogP contribution >= 0.6 is 11.8 Å². The molecule has 0 atom stereocenters. The second-order valence-electron chi connectivity index (χ2n) is 4.67. The van der Waals surface area contributed by atoms with E-state index in [1.165, 1.54) is 12.8 Å². The van der Waals surface area contributed by atoms with Crippen molar-refractivity contribution in [3.05, 3.63) is 0 Å². The fourth-order valence-corrected chi connectivity index (χ4v) is 3.67. The summed E-state index contributed by atoms with van der Waals surface area (Å²) in [5, 5.41) is 9.37. The van der Waals surface area contributed by atoms with Crippen molar-refractivity contribution in [2.45, 2.75) is 50.2 Å². The minimum atomic E-state index is -0.638.